The molecule has 110 valence electrons. The molecule has 4 nitrogen and oxygen atoms in total. The molecule has 5 heteroatoms. The maximum absolute atomic E-state index is 4.55. The topological polar surface area (TPSA) is 41.1 Å². The van der Waals surface area contributed by atoms with Gasteiger partial charge < -0.3 is 10.2 Å². The van der Waals surface area contributed by atoms with Gasteiger partial charge in [0.2, 0.25) is 0 Å². The standard InChI is InChI=1S/C16H20N4S/c1-20(2)9-10-21-16-13-7-8-17-14-6-4-3-5-12(14)15(13)18-11-19-16/h3-6,11,17H,7-10H2,1-2H3. The van der Waals surface area contributed by atoms with Gasteiger partial charge in [-0.2, -0.15) is 0 Å². The van der Waals surface area contributed by atoms with Crippen LogP contribution in [0.5, 0.6) is 0 Å². The number of anilines is 1. The van der Waals surface area contributed by atoms with Crippen LogP contribution in [0.4, 0.5) is 5.69 Å². The minimum atomic E-state index is 0.929. The van der Waals surface area contributed by atoms with E-state index in [4.69, 9.17) is 0 Å². The highest BCUT2D eigenvalue weighted by Gasteiger charge is 2.18. The van der Waals surface area contributed by atoms with E-state index in [1.165, 1.54) is 16.8 Å². The number of nitrogens with zero attached hydrogens (tertiary/aromatic N) is 3. The summed E-state index contributed by atoms with van der Waals surface area (Å²) in [6.45, 7) is 1.98. The number of nitrogens with one attached hydrogen (secondary N) is 1. The van der Waals surface area contributed by atoms with E-state index >= 15 is 0 Å². The smallest absolute Gasteiger partial charge is 0.117 e. The molecule has 0 amide bonds. The summed E-state index contributed by atoms with van der Waals surface area (Å²) in [6.07, 6.45) is 2.66. The van der Waals surface area contributed by atoms with Crippen LogP contribution in [0.2, 0.25) is 0 Å². The first-order chi connectivity index (χ1) is 10.3. The molecule has 21 heavy (non-hydrogen) atoms. The Hall–Kier alpha value is -1.59. The van der Waals surface area contributed by atoms with E-state index in [0.29, 0.717) is 0 Å². The van der Waals surface area contributed by atoms with Gasteiger partial charge in [0.05, 0.1) is 5.69 Å². The number of hydrogen-bond donors (Lipinski definition) is 1. The van der Waals surface area contributed by atoms with Crippen molar-refractivity contribution in [3.05, 3.63) is 36.2 Å². The van der Waals surface area contributed by atoms with Crippen LogP contribution >= 0.6 is 11.8 Å². The molecular weight excluding hydrogens is 280 g/mol. The van der Waals surface area contributed by atoms with Gasteiger partial charge in [-0.3, -0.25) is 0 Å². The summed E-state index contributed by atoms with van der Waals surface area (Å²) in [4.78, 5) is 11.3. The second kappa shape index (κ2) is 6.45. The summed E-state index contributed by atoms with van der Waals surface area (Å²) in [6, 6.07) is 8.38. The van der Waals surface area contributed by atoms with Crippen LogP contribution in [0.25, 0.3) is 11.3 Å². The zero-order chi connectivity index (χ0) is 14.7. The Labute approximate surface area is 130 Å². The Balaban J connectivity index is 1.93. The van der Waals surface area contributed by atoms with Gasteiger partial charge in [0.15, 0.2) is 0 Å². The van der Waals surface area contributed by atoms with Crippen molar-refractivity contribution in [2.45, 2.75) is 11.4 Å². The van der Waals surface area contributed by atoms with Crippen molar-refractivity contribution in [1.29, 1.82) is 0 Å². The molecule has 0 bridgehead atoms. The number of thioether (sulfide) groups is 1. The number of para-hydroxylation sites is 1. The first kappa shape index (κ1) is 14.4. The van der Waals surface area contributed by atoms with Crippen molar-refractivity contribution in [2.24, 2.45) is 0 Å². The Morgan fingerprint density at radius 3 is 2.95 bits per heavy atom. The molecule has 0 aliphatic carbocycles. The summed E-state index contributed by atoms with van der Waals surface area (Å²) in [7, 11) is 4.20. The Morgan fingerprint density at radius 2 is 2.10 bits per heavy atom. The minimum absolute atomic E-state index is 0.929. The average molecular weight is 300 g/mol. The molecule has 1 aliphatic heterocycles. The second-order valence-corrected chi connectivity index (χ2v) is 6.46. The fraction of sp³-hybridized carbons (Fsp3) is 0.375. The summed E-state index contributed by atoms with van der Waals surface area (Å²) >= 11 is 1.83. The molecule has 0 spiro atoms. The molecule has 0 unspecified atom stereocenters. The van der Waals surface area contributed by atoms with Gasteiger partial charge in [-0.15, -0.1) is 11.8 Å². The van der Waals surface area contributed by atoms with Crippen molar-refractivity contribution in [2.75, 3.05) is 38.3 Å². The van der Waals surface area contributed by atoms with Gasteiger partial charge >= 0.3 is 0 Å². The summed E-state index contributed by atoms with van der Waals surface area (Å²) in [5.41, 5.74) is 4.71. The highest BCUT2D eigenvalue weighted by Crippen LogP contribution is 2.35. The van der Waals surface area contributed by atoms with E-state index in [-0.39, 0.29) is 0 Å². The number of rotatable bonds is 4. The van der Waals surface area contributed by atoms with Crippen LogP contribution < -0.4 is 5.32 Å². The van der Waals surface area contributed by atoms with Crippen molar-refractivity contribution < 1.29 is 0 Å². The zero-order valence-corrected chi connectivity index (χ0v) is 13.3. The highest BCUT2D eigenvalue weighted by molar-refractivity contribution is 7.99. The second-order valence-electron chi connectivity index (χ2n) is 5.38. The molecule has 0 fully saturated rings. The van der Waals surface area contributed by atoms with Gasteiger partial charge in [0, 0.05) is 35.7 Å². The van der Waals surface area contributed by atoms with Crippen LogP contribution in [0, 0.1) is 0 Å². The number of hydrogen-bond acceptors (Lipinski definition) is 5. The molecule has 1 aliphatic rings. The lowest BCUT2D eigenvalue weighted by atomic mass is 10.1. The van der Waals surface area contributed by atoms with E-state index in [1.807, 2.05) is 11.8 Å². The van der Waals surface area contributed by atoms with Crippen LogP contribution in [0.15, 0.2) is 35.6 Å². The minimum Gasteiger partial charge on any atom is -0.384 e. The summed E-state index contributed by atoms with van der Waals surface area (Å²) in [5.74, 6) is 1.05. The molecule has 0 atom stereocenters. The largest absolute Gasteiger partial charge is 0.384 e. The van der Waals surface area contributed by atoms with Crippen molar-refractivity contribution in [3.63, 3.8) is 0 Å². The molecule has 1 N–H and O–H groups in total. The third-order valence-electron chi connectivity index (χ3n) is 3.56. The van der Waals surface area contributed by atoms with Gasteiger partial charge in [-0.25, -0.2) is 9.97 Å². The van der Waals surface area contributed by atoms with E-state index in [2.05, 4.69) is 58.5 Å². The third-order valence-corrected chi connectivity index (χ3v) is 4.57. The lowest BCUT2D eigenvalue weighted by molar-refractivity contribution is 0.437. The molecule has 1 aromatic heterocycles. The molecule has 0 saturated carbocycles. The number of aromatic nitrogens is 2. The number of benzene rings is 1. The monoisotopic (exact) mass is 300 g/mol. The SMILES string of the molecule is CN(C)CCSc1ncnc2c1CCNc1ccccc1-2. The molecular formula is C16H20N4S. The van der Waals surface area contributed by atoms with Crippen molar-refractivity contribution in [1.82, 2.24) is 14.9 Å². The Bertz CT molecular complexity index is 627. The van der Waals surface area contributed by atoms with Gasteiger partial charge in [-0.05, 0) is 26.6 Å². The molecule has 0 saturated heterocycles. The molecule has 1 aromatic carbocycles. The maximum atomic E-state index is 4.55. The quantitative estimate of drug-likeness (QED) is 0.694. The van der Waals surface area contributed by atoms with Gasteiger partial charge in [0.25, 0.3) is 0 Å². The van der Waals surface area contributed by atoms with Gasteiger partial charge in [-0.1, -0.05) is 18.2 Å². The van der Waals surface area contributed by atoms with E-state index in [0.717, 1.165) is 36.0 Å². The fourth-order valence-electron chi connectivity index (χ4n) is 2.47. The first-order valence-corrected chi connectivity index (χ1v) is 8.19. The van der Waals surface area contributed by atoms with E-state index in [1.54, 1.807) is 6.33 Å². The normalized spacial score (nSPS) is 13.3. The van der Waals surface area contributed by atoms with Crippen molar-refractivity contribution >= 4 is 17.4 Å². The summed E-state index contributed by atoms with van der Waals surface area (Å²) in [5, 5.41) is 4.61. The molecule has 2 aromatic rings. The highest BCUT2D eigenvalue weighted by atomic mass is 32.2. The Kier molecular flexibility index (Phi) is 4.41. The van der Waals surface area contributed by atoms with Crippen LogP contribution in [-0.2, 0) is 6.42 Å². The maximum Gasteiger partial charge on any atom is 0.117 e. The van der Waals surface area contributed by atoms with Crippen molar-refractivity contribution in [3.8, 4) is 11.3 Å². The molecule has 2 heterocycles. The van der Waals surface area contributed by atoms with Crippen LogP contribution in [-0.4, -0.2) is 47.8 Å². The molecule has 0 radical (unpaired) electrons. The third kappa shape index (κ3) is 3.19. The Morgan fingerprint density at radius 1 is 1.24 bits per heavy atom. The first-order valence-electron chi connectivity index (χ1n) is 7.20. The molecule has 3 rings (SSSR count). The van der Waals surface area contributed by atoms with Gasteiger partial charge in [0.1, 0.15) is 11.4 Å². The zero-order valence-electron chi connectivity index (χ0n) is 12.5. The fourth-order valence-corrected chi connectivity index (χ4v) is 3.61. The average Bonchev–Trinajstić information content (AvgIpc) is 2.67. The lowest BCUT2D eigenvalue weighted by Gasteiger charge is -2.12. The van der Waals surface area contributed by atoms with E-state index in [9.17, 15) is 0 Å². The lowest BCUT2D eigenvalue weighted by Crippen LogP contribution is -2.15. The van der Waals surface area contributed by atoms with Crippen LogP contribution in [0.1, 0.15) is 5.56 Å². The van der Waals surface area contributed by atoms with E-state index < -0.39 is 0 Å². The predicted octanol–water partition coefficient (Wildman–Crippen LogP) is 2.77. The number of fused-ring (bicyclic) bond motifs is 3. The van der Waals surface area contributed by atoms with Crippen LogP contribution in [0.3, 0.4) is 0 Å². The predicted molar refractivity (Wildman–Crippen MR) is 88.9 cm³/mol. The summed E-state index contributed by atoms with van der Waals surface area (Å²) < 4.78 is 0.